The number of quaternary nitrogens is 1. The molecule has 3 rings (SSSR count). The molecule has 1 unspecified atom stereocenters. The van der Waals surface area contributed by atoms with Crippen LogP contribution in [-0.2, 0) is 10.5 Å². The standard InChI is InChI=1S/C45H62BF9NO4/c1-6-9-12-15-18-21-24-56(25-22-19-16-13-10-7-2,26-23-20-17-14-11-8-3)45(4,57-5)40-39(31-38(51)43(54)44(40)55)60-46(58-32-27-34(47)41(52)35(48)28-32)59-33-29-36(49)42(53)37(50)30-33/h27-31H,6-26H2,1-5H3/q+1. The Morgan fingerprint density at radius 1 is 0.450 bits per heavy atom. The number of halogens is 9. The molecule has 3 aromatic carbocycles. The van der Waals surface area contributed by atoms with Crippen molar-refractivity contribution in [3.63, 3.8) is 0 Å². The maximum absolute atomic E-state index is 16.8. The average Bonchev–Trinajstić information content (AvgIpc) is 3.21. The SMILES string of the molecule is CCCCCCCC[N+](CCCCCCCC)(CCCCCCCC)C(C)(OC)c1c(OB(Oc2cc(F)c(F)c(F)c2)Oc2cc(F)c(F)c(F)c2)cc(F)c(F)c1F. The monoisotopic (exact) mass is 862 g/mol. The normalized spacial score (nSPS) is 12.8. The molecule has 0 spiro atoms. The van der Waals surface area contributed by atoms with Gasteiger partial charge in [0.25, 0.3) is 0 Å². The summed E-state index contributed by atoms with van der Waals surface area (Å²) >= 11 is 0. The molecule has 15 heteroatoms. The minimum absolute atomic E-state index is 0.0896. The molecule has 0 N–H and O–H groups in total. The highest BCUT2D eigenvalue weighted by atomic mass is 19.2. The minimum Gasteiger partial charge on any atom is -0.489 e. The zero-order chi connectivity index (χ0) is 44.3. The lowest BCUT2D eigenvalue weighted by atomic mass is 9.93. The zero-order valence-electron chi connectivity index (χ0n) is 35.8. The van der Waals surface area contributed by atoms with Crippen LogP contribution in [0.25, 0.3) is 0 Å². The van der Waals surface area contributed by atoms with Crippen LogP contribution in [-0.4, -0.2) is 38.5 Å². The Hall–Kier alpha value is -3.59. The van der Waals surface area contributed by atoms with E-state index in [4.69, 9.17) is 18.7 Å². The van der Waals surface area contributed by atoms with Gasteiger partial charge < -0.3 is 18.7 Å². The van der Waals surface area contributed by atoms with Gasteiger partial charge >= 0.3 is 7.32 Å². The number of rotatable bonds is 30. The van der Waals surface area contributed by atoms with Gasteiger partial charge in [0.15, 0.2) is 52.4 Å². The molecule has 5 nitrogen and oxygen atoms in total. The van der Waals surface area contributed by atoms with E-state index in [1.807, 2.05) is 0 Å². The third-order valence-electron chi connectivity index (χ3n) is 11.3. The molecule has 1 atom stereocenters. The number of hydrogen-bond acceptors (Lipinski definition) is 4. The topological polar surface area (TPSA) is 36.9 Å². The first-order valence-electron chi connectivity index (χ1n) is 21.6. The van der Waals surface area contributed by atoms with Crippen molar-refractivity contribution in [1.29, 1.82) is 0 Å². The predicted octanol–water partition coefficient (Wildman–Crippen LogP) is 14.2. The molecule has 336 valence electrons. The van der Waals surface area contributed by atoms with Crippen molar-refractivity contribution < 1.29 is 62.7 Å². The Kier molecular flexibility index (Phi) is 21.5. The van der Waals surface area contributed by atoms with Crippen molar-refractivity contribution in [3.05, 3.63) is 88.3 Å². The summed E-state index contributed by atoms with van der Waals surface area (Å²) in [5, 5.41) is 0. The van der Waals surface area contributed by atoms with Crippen molar-refractivity contribution in [3.8, 4) is 17.2 Å². The predicted molar refractivity (Wildman–Crippen MR) is 216 cm³/mol. The van der Waals surface area contributed by atoms with Crippen LogP contribution >= 0.6 is 0 Å². The Morgan fingerprint density at radius 3 is 1.13 bits per heavy atom. The molecular formula is C45H62BF9NO4+. The van der Waals surface area contributed by atoms with Crippen LogP contribution in [0.2, 0.25) is 0 Å². The van der Waals surface area contributed by atoms with Gasteiger partial charge in [0.05, 0.1) is 19.6 Å². The summed E-state index contributed by atoms with van der Waals surface area (Å²) in [6.45, 7) is 9.35. The van der Waals surface area contributed by atoms with Gasteiger partial charge in [0, 0.05) is 44.4 Å². The second-order valence-electron chi connectivity index (χ2n) is 15.7. The highest BCUT2D eigenvalue weighted by molar-refractivity contribution is 6.39. The summed E-state index contributed by atoms with van der Waals surface area (Å²) in [5.41, 5.74) is -2.37. The second-order valence-corrected chi connectivity index (χ2v) is 15.7. The van der Waals surface area contributed by atoms with Crippen LogP contribution in [0.3, 0.4) is 0 Å². The Balaban J connectivity index is 2.24. The molecule has 0 aliphatic heterocycles. The van der Waals surface area contributed by atoms with E-state index in [0.29, 0.717) is 69.2 Å². The summed E-state index contributed by atoms with van der Waals surface area (Å²) in [6.07, 6.45) is 17.1. The molecule has 3 aromatic rings. The third kappa shape index (κ3) is 14.0. The minimum atomic E-state index is -2.40. The highest BCUT2D eigenvalue weighted by Gasteiger charge is 2.53. The number of methoxy groups -OCH3 is 1. The van der Waals surface area contributed by atoms with E-state index in [9.17, 15) is 26.3 Å². The Bertz CT molecular complexity index is 1620. The molecule has 0 fully saturated rings. The fraction of sp³-hybridized carbons (Fsp3) is 0.600. The second kappa shape index (κ2) is 25.4. The fourth-order valence-electron chi connectivity index (χ4n) is 7.79. The first-order valence-corrected chi connectivity index (χ1v) is 21.6. The first kappa shape index (κ1) is 50.8. The van der Waals surface area contributed by atoms with Crippen LogP contribution in [0.4, 0.5) is 39.5 Å². The molecule has 60 heavy (non-hydrogen) atoms. The lowest BCUT2D eigenvalue weighted by Gasteiger charge is -2.51. The van der Waals surface area contributed by atoms with Crippen LogP contribution in [0.15, 0.2) is 30.3 Å². The van der Waals surface area contributed by atoms with Gasteiger partial charge in [-0.25, -0.2) is 39.5 Å². The summed E-state index contributed by atoms with van der Waals surface area (Å²) in [4.78, 5) is 0. The zero-order valence-corrected chi connectivity index (χ0v) is 35.8. The number of benzene rings is 3. The molecule has 0 radical (unpaired) electrons. The quantitative estimate of drug-likeness (QED) is 0.0167. The molecule has 0 aliphatic rings. The molecule has 0 aliphatic carbocycles. The number of hydrogen-bond donors (Lipinski definition) is 0. The summed E-state index contributed by atoms with van der Waals surface area (Å²) in [7, 11) is -1.07. The van der Waals surface area contributed by atoms with Crippen molar-refractivity contribution in [1.82, 2.24) is 0 Å². The summed E-state index contributed by atoms with van der Waals surface area (Å²) in [5.74, 6) is -18.0. The van der Waals surface area contributed by atoms with Crippen LogP contribution in [0.1, 0.15) is 149 Å². The van der Waals surface area contributed by atoms with Crippen molar-refractivity contribution in [2.75, 3.05) is 26.7 Å². The molecule has 0 saturated carbocycles. The van der Waals surface area contributed by atoms with Crippen molar-refractivity contribution in [2.45, 2.75) is 149 Å². The van der Waals surface area contributed by atoms with E-state index in [-0.39, 0.29) is 4.48 Å². The van der Waals surface area contributed by atoms with Crippen LogP contribution in [0, 0.1) is 52.4 Å². The molecule has 0 amide bonds. The van der Waals surface area contributed by atoms with Crippen LogP contribution in [0.5, 0.6) is 17.2 Å². The summed E-state index contributed by atoms with van der Waals surface area (Å²) in [6, 6.07) is 2.13. The molecular weight excluding hydrogens is 800 g/mol. The van der Waals surface area contributed by atoms with E-state index < -0.39 is 88.2 Å². The van der Waals surface area contributed by atoms with E-state index in [1.165, 1.54) is 7.11 Å². The first-order chi connectivity index (χ1) is 28.7. The molecule has 0 aromatic heterocycles. The van der Waals surface area contributed by atoms with E-state index in [0.717, 1.165) is 96.3 Å². The lowest BCUT2D eigenvalue weighted by molar-refractivity contribution is -1.01. The van der Waals surface area contributed by atoms with E-state index in [1.54, 1.807) is 6.92 Å². The maximum Gasteiger partial charge on any atom is 0.864 e. The maximum atomic E-state index is 16.8. The van der Waals surface area contributed by atoms with E-state index in [2.05, 4.69) is 20.8 Å². The van der Waals surface area contributed by atoms with Gasteiger partial charge in [-0.15, -0.1) is 0 Å². The number of ether oxygens (including phenoxy) is 1. The summed E-state index contributed by atoms with van der Waals surface area (Å²) < 4.78 is 156. The third-order valence-corrected chi connectivity index (χ3v) is 11.3. The lowest BCUT2D eigenvalue weighted by Crippen LogP contribution is -2.64. The molecule has 0 heterocycles. The number of unbranched alkanes of at least 4 members (excludes halogenated alkanes) is 15. The Labute approximate surface area is 350 Å². The van der Waals surface area contributed by atoms with Gasteiger partial charge in [-0.3, -0.25) is 4.48 Å². The van der Waals surface area contributed by atoms with Gasteiger partial charge in [-0.05, 0) is 38.5 Å². The van der Waals surface area contributed by atoms with Crippen molar-refractivity contribution in [2.24, 2.45) is 0 Å². The fourth-order valence-corrected chi connectivity index (χ4v) is 7.79. The van der Waals surface area contributed by atoms with Crippen molar-refractivity contribution >= 4 is 7.32 Å². The number of nitrogens with zero attached hydrogens (tertiary/aromatic N) is 1. The van der Waals surface area contributed by atoms with Gasteiger partial charge in [0.2, 0.25) is 5.72 Å². The Morgan fingerprint density at radius 2 is 0.783 bits per heavy atom. The van der Waals surface area contributed by atoms with E-state index >= 15 is 13.2 Å². The highest BCUT2D eigenvalue weighted by Crippen LogP contribution is 2.45. The smallest absolute Gasteiger partial charge is 0.489 e. The van der Waals surface area contributed by atoms with Gasteiger partial charge in [-0.2, -0.15) is 0 Å². The van der Waals surface area contributed by atoms with Gasteiger partial charge in [-0.1, -0.05) is 97.8 Å². The van der Waals surface area contributed by atoms with Crippen LogP contribution < -0.4 is 14.0 Å². The average molecular weight is 863 g/mol. The largest absolute Gasteiger partial charge is 0.864 e. The van der Waals surface area contributed by atoms with Gasteiger partial charge in [0.1, 0.15) is 22.8 Å². The molecule has 0 bridgehead atoms. The molecule has 0 saturated heterocycles.